The summed E-state index contributed by atoms with van der Waals surface area (Å²) in [4.78, 5) is 0. The van der Waals surface area contributed by atoms with Crippen molar-refractivity contribution in [3.05, 3.63) is 23.8 Å². The second kappa shape index (κ2) is 7.59. The first kappa shape index (κ1) is 16.7. The van der Waals surface area contributed by atoms with Crippen molar-refractivity contribution in [1.29, 1.82) is 0 Å². The number of para-hydroxylation sites is 1. The quantitative estimate of drug-likeness (QED) is 0.700. The maximum atomic E-state index is 6.12. The number of methoxy groups -OCH3 is 1. The molecule has 2 nitrogen and oxygen atoms in total. The highest BCUT2D eigenvalue weighted by Crippen LogP contribution is 2.46. The van der Waals surface area contributed by atoms with Crippen molar-refractivity contribution in [2.24, 2.45) is 17.8 Å². The van der Waals surface area contributed by atoms with Gasteiger partial charge in [0, 0.05) is 0 Å². The number of ether oxygens (including phenoxy) is 2. The van der Waals surface area contributed by atoms with E-state index in [1.807, 2.05) is 6.07 Å². The van der Waals surface area contributed by atoms with Crippen molar-refractivity contribution < 1.29 is 9.47 Å². The van der Waals surface area contributed by atoms with Crippen LogP contribution in [0, 0.1) is 17.8 Å². The molecule has 23 heavy (non-hydrogen) atoms. The molecule has 0 aromatic heterocycles. The highest BCUT2D eigenvalue weighted by molar-refractivity contribution is 5.47. The molecule has 0 heterocycles. The monoisotopic (exact) mass is 316 g/mol. The summed E-state index contributed by atoms with van der Waals surface area (Å²) in [5.41, 5.74) is 1.34. The molecule has 2 aliphatic carbocycles. The van der Waals surface area contributed by atoms with E-state index in [9.17, 15) is 0 Å². The minimum absolute atomic E-state index is 0.179. The van der Waals surface area contributed by atoms with E-state index in [0.717, 1.165) is 35.7 Å². The minimum atomic E-state index is 0.179. The van der Waals surface area contributed by atoms with Crippen molar-refractivity contribution in [3.8, 4) is 11.5 Å². The second-order valence-electron chi connectivity index (χ2n) is 7.72. The average molecular weight is 316 g/mol. The fourth-order valence-corrected chi connectivity index (χ4v) is 4.86. The lowest BCUT2D eigenvalue weighted by Gasteiger charge is -2.41. The van der Waals surface area contributed by atoms with Crippen molar-refractivity contribution >= 4 is 0 Å². The van der Waals surface area contributed by atoms with E-state index in [1.165, 1.54) is 50.5 Å². The van der Waals surface area contributed by atoms with Gasteiger partial charge in [0.05, 0.1) is 13.2 Å². The highest BCUT2D eigenvalue weighted by atomic mass is 16.5. The molecule has 1 aromatic rings. The first-order valence-electron chi connectivity index (χ1n) is 9.51. The van der Waals surface area contributed by atoms with Gasteiger partial charge in [-0.3, -0.25) is 0 Å². The van der Waals surface area contributed by atoms with Gasteiger partial charge in [-0.15, -0.1) is 0 Å². The minimum Gasteiger partial charge on any atom is -0.493 e. The van der Waals surface area contributed by atoms with Crippen LogP contribution in [-0.2, 0) is 6.42 Å². The first-order valence-corrected chi connectivity index (χ1v) is 9.51. The van der Waals surface area contributed by atoms with Gasteiger partial charge in [0.15, 0.2) is 11.5 Å². The largest absolute Gasteiger partial charge is 0.493 e. The van der Waals surface area contributed by atoms with E-state index in [1.54, 1.807) is 7.11 Å². The summed E-state index contributed by atoms with van der Waals surface area (Å²) in [6.45, 7) is 4.18. The highest BCUT2D eigenvalue weighted by Gasteiger charge is 2.35. The normalized spacial score (nSPS) is 27.6. The molecule has 0 bridgehead atoms. The molecule has 3 atom stereocenters. The predicted octanol–water partition coefficient (Wildman–Crippen LogP) is 5.63. The summed E-state index contributed by atoms with van der Waals surface area (Å²) in [6.07, 6.45) is 11.4. The Kier molecular flexibility index (Phi) is 5.50. The summed E-state index contributed by atoms with van der Waals surface area (Å²) in [5, 5.41) is 0. The number of benzene rings is 1. The van der Waals surface area contributed by atoms with Gasteiger partial charge >= 0.3 is 0 Å². The third kappa shape index (κ3) is 3.84. The van der Waals surface area contributed by atoms with Crippen LogP contribution in [0.1, 0.15) is 64.4 Å². The molecule has 128 valence electrons. The lowest BCUT2D eigenvalue weighted by molar-refractivity contribution is 0.103. The summed E-state index contributed by atoms with van der Waals surface area (Å²) < 4.78 is 11.7. The Labute approximate surface area is 141 Å². The first-order chi connectivity index (χ1) is 11.2. The molecule has 2 aliphatic rings. The Morgan fingerprint density at radius 1 is 1.04 bits per heavy atom. The molecule has 3 unspecified atom stereocenters. The van der Waals surface area contributed by atoms with Gasteiger partial charge in [-0.25, -0.2) is 0 Å². The van der Waals surface area contributed by atoms with Crippen molar-refractivity contribution in [1.82, 2.24) is 0 Å². The Hall–Kier alpha value is -1.18. The number of rotatable bonds is 5. The molecule has 1 aromatic carbocycles. The van der Waals surface area contributed by atoms with Crippen LogP contribution < -0.4 is 9.47 Å². The fourth-order valence-electron chi connectivity index (χ4n) is 4.86. The molecule has 0 spiro atoms. The summed E-state index contributed by atoms with van der Waals surface area (Å²) >= 11 is 0. The Bertz CT molecular complexity index is 507. The van der Waals surface area contributed by atoms with Crippen LogP contribution in [0.4, 0.5) is 0 Å². The number of hydrogen-bond donors (Lipinski definition) is 0. The molecule has 0 N–H and O–H groups in total. The van der Waals surface area contributed by atoms with E-state index in [-0.39, 0.29) is 6.10 Å². The molecule has 0 saturated heterocycles. The van der Waals surface area contributed by atoms with Gasteiger partial charge in [-0.1, -0.05) is 44.2 Å². The van der Waals surface area contributed by atoms with Crippen LogP contribution in [0.3, 0.4) is 0 Å². The Morgan fingerprint density at radius 2 is 1.83 bits per heavy atom. The Balaban J connectivity index is 1.81. The van der Waals surface area contributed by atoms with Crippen molar-refractivity contribution in [2.75, 3.05) is 7.11 Å². The zero-order valence-electron chi connectivity index (χ0n) is 15.0. The zero-order valence-corrected chi connectivity index (χ0v) is 15.0. The van der Waals surface area contributed by atoms with Gasteiger partial charge in [-0.05, 0) is 62.5 Å². The van der Waals surface area contributed by atoms with E-state index < -0.39 is 0 Å². The fraction of sp³-hybridized carbons (Fsp3) is 0.714. The van der Waals surface area contributed by atoms with E-state index in [2.05, 4.69) is 26.0 Å². The summed E-state index contributed by atoms with van der Waals surface area (Å²) in [7, 11) is 1.74. The third-order valence-corrected chi connectivity index (χ3v) is 5.84. The Morgan fingerprint density at radius 3 is 2.61 bits per heavy atom. The number of fused-ring (bicyclic) bond motifs is 1. The third-order valence-electron chi connectivity index (χ3n) is 5.84. The molecular formula is C21H32O2. The van der Waals surface area contributed by atoms with Gasteiger partial charge in [0.2, 0.25) is 0 Å². The van der Waals surface area contributed by atoms with Gasteiger partial charge in [-0.2, -0.15) is 0 Å². The van der Waals surface area contributed by atoms with Crippen molar-refractivity contribution in [2.45, 2.75) is 71.3 Å². The van der Waals surface area contributed by atoms with Crippen LogP contribution >= 0.6 is 0 Å². The SMILES string of the molecule is COc1cccc(CC2CCCC3CCCCC32)c1OC(C)C. The maximum Gasteiger partial charge on any atom is 0.164 e. The summed E-state index contributed by atoms with van der Waals surface area (Å²) in [5.74, 6) is 4.61. The lowest BCUT2D eigenvalue weighted by Crippen LogP contribution is -2.32. The topological polar surface area (TPSA) is 18.5 Å². The van der Waals surface area contributed by atoms with E-state index in [4.69, 9.17) is 9.47 Å². The second-order valence-corrected chi connectivity index (χ2v) is 7.72. The molecule has 2 saturated carbocycles. The molecule has 0 radical (unpaired) electrons. The van der Waals surface area contributed by atoms with E-state index in [0.29, 0.717) is 0 Å². The predicted molar refractivity (Wildman–Crippen MR) is 95.3 cm³/mol. The smallest absolute Gasteiger partial charge is 0.164 e. The molecular weight excluding hydrogens is 284 g/mol. The van der Waals surface area contributed by atoms with Crippen LogP contribution in [0.25, 0.3) is 0 Å². The molecule has 2 fully saturated rings. The standard InChI is InChI=1S/C21H32O2/c1-15(2)23-21-18(11-7-13-20(21)22-3)14-17-10-6-9-16-8-4-5-12-19(16)17/h7,11,13,15-17,19H,4-6,8-10,12,14H2,1-3H3. The van der Waals surface area contributed by atoms with Crippen LogP contribution in [0.15, 0.2) is 18.2 Å². The van der Waals surface area contributed by atoms with Crippen LogP contribution in [0.5, 0.6) is 11.5 Å². The van der Waals surface area contributed by atoms with Crippen LogP contribution in [-0.4, -0.2) is 13.2 Å². The van der Waals surface area contributed by atoms with Crippen LogP contribution in [0.2, 0.25) is 0 Å². The van der Waals surface area contributed by atoms with E-state index >= 15 is 0 Å². The summed E-state index contributed by atoms with van der Waals surface area (Å²) in [6, 6.07) is 6.38. The maximum absolute atomic E-state index is 6.12. The van der Waals surface area contributed by atoms with Gasteiger partial charge < -0.3 is 9.47 Å². The molecule has 3 rings (SSSR count). The van der Waals surface area contributed by atoms with Gasteiger partial charge in [0.1, 0.15) is 0 Å². The molecule has 0 aliphatic heterocycles. The lowest BCUT2D eigenvalue weighted by atomic mass is 9.64. The average Bonchev–Trinajstić information content (AvgIpc) is 2.56. The van der Waals surface area contributed by atoms with Crippen molar-refractivity contribution in [3.63, 3.8) is 0 Å². The molecule has 2 heteroatoms. The molecule has 0 amide bonds. The number of hydrogen-bond acceptors (Lipinski definition) is 2. The zero-order chi connectivity index (χ0) is 16.2. The van der Waals surface area contributed by atoms with Gasteiger partial charge in [0.25, 0.3) is 0 Å².